The molecule has 14 heavy (non-hydrogen) atoms. The molecule has 0 atom stereocenters. The minimum atomic E-state index is 0.0380. The molecule has 1 heterocycles. The van der Waals surface area contributed by atoms with Crippen molar-refractivity contribution >= 4 is 5.91 Å². The molecule has 0 aromatic carbocycles. The van der Waals surface area contributed by atoms with Crippen molar-refractivity contribution in [3.63, 3.8) is 0 Å². The van der Waals surface area contributed by atoms with E-state index >= 15 is 0 Å². The van der Waals surface area contributed by atoms with Crippen LogP contribution in [0.25, 0.3) is 0 Å². The molecule has 1 amide bonds. The highest BCUT2D eigenvalue weighted by Crippen LogP contribution is 2.01. The normalized spacial score (nSPS) is 10.1. The van der Waals surface area contributed by atoms with Gasteiger partial charge < -0.3 is 11.1 Å². The van der Waals surface area contributed by atoms with Gasteiger partial charge in [0.15, 0.2) is 0 Å². The molecule has 5 heteroatoms. The molecule has 0 radical (unpaired) electrons. The molecular weight excluding hydrogens is 180 g/mol. The molecule has 0 bridgehead atoms. The molecule has 0 saturated heterocycles. The number of aromatic nitrogens is 2. The van der Waals surface area contributed by atoms with Gasteiger partial charge in [0.2, 0.25) is 5.91 Å². The third kappa shape index (κ3) is 3.18. The number of amides is 1. The van der Waals surface area contributed by atoms with Crippen LogP contribution in [-0.2, 0) is 11.3 Å². The zero-order valence-corrected chi connectivity index (χ0v) is 8.34. The van der Waals surface area contributed by atoms with Crippen molar-refractivity contribution in [2.45, 2.75) is 26.3 Å². The van der Waals surface area contributed by atoms with Crippen molar-refractivity contribution in [1.82, 2.24) is 15.5 Å². The smallest absolute Gasteiger partial charge is 0.220 e. The van der Waals surface area contributed by atoms with E-state index < -0.39 is 0 Å². The first kappa shape index (κ1) is 10.7. The van der Waals surface area contributed by atoms with Crippen molar-refractivity contribution in [2.75, 3.05) is 6.54 Å². The lowest BCUT2D eigenvalue weighted by Gasteiger charge is -2.03. The van der Waals surface area contributed by atoms with Crippen molar-refractivity contribution in [3.05, 3.63) is 17.5 Å². The van der Waals surface area contributed by atoms with Gasteiger partial charge in [-0.15, -0.1) is 0 Å². The summed E-state index contributed by atoms with van der Waals surface area (Å²) >= 11 is 0. The molecule has 1 aromatic rings. The van der Waals surface area contributed by atoms with Gasteiger partial charge in [0, 0.05) is 24.2 Å². The summed E-state index contributed by atoms with van der Waals surface area (Å²) in [6, 6.07) is 0. The summed E-state index contributed by atoms with van der Waals surface area (Å²) in [7, 11) is 0. The summed E-state index contributed by atoms with van der Waals surface area (Å²) in [4.78, 5) is 11.2. The van der Waals surface area contributed by atoms with E-state index in [4.69, 9.17) is 5.73 Å². The first-order chi connectivity index (χ1) is 6.74. The van der Waals surface area contributed by atoms with Gasteiger partial charge in [-0.2, -0.15) is 5.10 Å². The van der Waals surface area contributed by atoms with Crippen molar-refractivity contribution in [1.29, 1.82) is 0 Å². The summed E-state index contributed by atoms with van der Waals surface area (Å²) in [5.41, 5.74) is 7.31. The number of aromatic amines is 1. The minimum absolute atomic E-state index is 0.0380. The first-order valence-corrected chi connectivity index (χ1v) is 4.69. The number of hydrogen-bond donors (Lipinski definition) is 3. The van der Waals surface area contributed by atoms with E-state index in [2.05, 4.69) is 15.5 Å². The van der Waals surface area contributed by atoms with Gasteiger partial charge in [0.25, 0.3) is 0 Å². The van der Waals surface area contributed by atoms with E-state index in [0.717, 1.165) is 17.7 Å². The zero-order chi connectivity index (χ0) is 10.4. The average molecular weight is 196 g/mol. The molecule has 0 aliphatic carbocycles. The van der Waals surface area contributed by atoms with Gasteiger partial charge >= 0.3 is 0 Å². The average Bonchev–Trinajstić information content (AvgIpc) is 2.58. The van der Waals surface area contributed by atoms with Crippen molar-refractivity contribution in [3.8, 4) is 0 Å². The van der Waals surface area contributed by atoms with Crippen LogP contribution in [0.4, 0.5) is 0 Å². The molecule has 0 aliphatic rings. The number of rotatable bonds is 5. The molecule has 5 nitrogen and oxygen atoms in total. The summed E-state index contributed by atoms with van der Waals surface area (Å²) in [5, 5.41) is 9.49. The number of nitrogens with zero attached hydrogens (tertiary/aromatic N) is 1. The fourth-order valence-corrected chi connectivity index (χ4v) is 1.10. The van der Waals surface area contributed by atoms with E-state index in [1.165, 1.54) is 0 Å². The van der Waals surface area contributed by atoms with E-state index in [1.807, 2.05) is 6.92 Å². The molecule has 0 aliphatic heterocycles. The lowest BCUT2D eigenvalue weighted by molar-refractivity contribution is -0.121. The van der Waals surface area contributed by atoms with Crippen LogP contribution in [0.3, 0.4) is 0 Å². The fourth-order valence-electron chi connectivity index (χ4n) is 1.10. The van der Waals surface area contributed by atoms with Crippen LogP contribution in [0.5, 0.6) is 0 Å². The predicted molar refractivity (Wildman–Crippen MR) is 53.5 cm³/mol. The lowest BCUT2D eigenvalue weighted by Crippen LogP contribution is -2.23. The van der Waals surface area contributed by atoms with Gasteiger partial charge in [-0.1, -0.05) is 0 Å². The topological polar surface area (TPSA) is 83.8 Å². The van der Waals surface area contributed by atoms with Gasteiger partial charge in [-0.25, -0.2) is 0 Å². The largest absolute Gasteiger partial charge is 0.352 e. The lowest BCUT2D eigenvalue weighted by atomic mass is 10.2. The maximum absolute atomic E-state index is 11.2. The Bertz CT molecular complexity index is 295. The van der Waals surface area contributed by atoms with Crippen LogP contribution in [0, 0.1) is 6.92 Å². The highest BCUT2D eigenvalue weighted by atomic mass is 16.1. The SMILES string of the molecule is Cc1[nH]ncc1CNC(=O)CCCN. The molecule has 0 saturated carbocycles. The Kier molecular flexibility index (Phi) is 4.12. The van der Waals surface area contributed by atoms with Gasteiger partial charge in [-0.05, 0) is 19.9 Å². The molecular formula is C9H16N4O. The second-order valence-corrected chi connectivity index (χ2v) is 3.19. The number of nitrogens with one attached hydrogen (secondary N) is 2. The Morgan fingerprint density at radius 1 is 1.71 bits per heavy atom. The van der Waals surface area contributed by atoms with Crippen LogP contribution < -0.4 is 11.1 Å². The Balaban J connectivity index is 2.27. The molecule has 0 fully saturated rings. The van der Waals surface area contributed by atoms with Crippen LogP contribution in [0.15, 0.2) is 6.20 Å². The Morgan fingerprint density at radius 2 is 2.50 bits per heavy atom. The van der Waals surface area contributed by atoms with E-state index in [0.29, 0.717) is 19.5 Å². The third-order valence-electron chi connectivity index (χ3n) is 2.02. The third-order valence-corrected chi connectivity index (χ3v) is 2.02. The summed E-state index contributed by atoms with van der Waals surface area (Å²) in [5.74, 6) is 0.0380. The quantitative estimate of drug-likeness (QED) is 0.623. The molecule has 0 spiro atoms. The Hall–Kier alpha value is -1.36. The standard InChI is InChI=1S/C9H16N4O/c1-7-8(6-12-13-7)5-11-9(14)3-2-4-10/h6H,2-5,10H2,1H3,(H,11,14)(H,12,13). The van der Waals surface area contributed by atoms with Gasteiger partial charge in [-0.3, -0.25) is 9.89 Å². The van der Waals surface area contributed by atoms with E-state index in [-0.39, 0.29) is 5.91 Å². The van der Waals surface area contributed by atoms with E-state index in [9.17, 15) is 4.79 Å². The van der Waals surface area contributed by atoms with Crippen LogP contribution in [-0.4, -0.2) is 22.6 Å². The summed E-state index contributed by atoms with van der Waals surface area (Å²) in [6.45, 7) is 3.01. The highest BCUT2D eigenvalue weighted by Gasteiger charge is 2.03. The molecule has 78 valence electrons. The fraction of sp³-hybridized carbons (Fsp3) is 0.556. The first-order valence-electron chi connectivity index (χ1n) is 4.69. The summed E-state index contributed by atoms with van der Waals surface area (Å²) in [6.07, 6.45) is 2.95. The number of H-pyrrole nitrogens is 1. The molecule has 0 unspecified atom stereocenters. The molecule has 1 rings (SSSR count). The van der Waals surface area contributed by atoms with Crippen molar-refractivity contribution < 1.29 is 4.79 Å². The van der Waals surface area contributed by atoms with Gasteiger partial charge in [0.05, 0.1) is 6.20 Å². The van der Waals surface area contributed by atoms with Gasteiger partial charge in [0.1, 0.15) is 0 Å². The number of hydrogen-bond acceptors (Lipinski definition) is 3. The minimum Gasteiger partial charge on any atom is -0.352 e. The number of aryl methyl sites for hydroxylation is 1. The van der Waals surface area contributed by atoms with Crippen molar-refractivity contribution in [2.24, 2.45) is 5.73 Å². The number of nitrogens with two attached hydrogens (primary N) is 1. The molecule has 1 aromatic heterocycles. The second kappa shape index (κ2) is 5.39. The highest BCUT2D eigenvalue weighted by molar-refractivity contribution is 5.75. The maximum atomic E-state index is 11.2. The van der Waals surface area contributed by atoms with Crippen LogP contribution in [0.2, 0.25) is 0 Å². The Labute approximate surface area is 83.1 Å². The van der Waals surface area contributed by atoms with Crippen LogP contribution >= 0.6 is 0 Å². The maximum Gasteiger partial charge on any atom is 0.220 e. The monoisotopic (exact) mass is 196 g/mol. The molecule has 4 N–H and O–H groups in total. The second-order valence-electron chi connectivity index (χ2n) is 3.19. The van der Waals surface area contributed by atoms with E-state index in [1.54, 1.807) is 6.20 Å². The van der Waals surface area contributed by atoms with Crippen LogP contribution in [0.1, 0.15) is 24.1 Å². The Morgan fingerprint density at radius 3 is 3.07 bits per heavy atom. The number of carbonyl (C=O) groups is 1. The number of carbonyl (C=O) groups excluding carboxylic acids is 1. The predicted octanol–water partition coefficient (Wildman–Crippen LogP) is 0.0732. The zero-order valence-electron chi connectivity index (χ0n) is 8.34. The summed E-state index contributed by atoms with van der Waals surface area (Å²) < 4.78 is 0.